The lowest BCUT2D eigenvalue weighted by atomic mass is 10.1. The molecule has 1 saturated heterocycles. The predicted molar refractivity (Wildman–Crippen MR) is 148 cm³/mol. The number of amides is 1. The van der Waals surface area contributed by atoms with Gasteiger partial charge in [0.05, 0.1) is 10.6 Å². The molecule has 0 spiro atoms. The molecular weight excluding hydrogens is 554 g/mol. The van der Waals surface area contributed by atoms with Crippen LogP contribution in [0.5, 0.6) is 0 Å². The molecule has 3 heterocycles. The van der Waals surface area contributed by atoms with Crippen molar-refractivity contribution in [2.24, 2.45) is 5.14 Å². The van der Waals surface area contributed by atoms with Crippen molar-refractivity contribution < 1.29 is 21.6 Å². The van der Waals surface area contributed by atoms with Gasteiger partial charge in [0.25, 0.3) is 5.91 Å². The molecule has 2 aliphatic rings. The fourth-order valence-electron chi connectivity index (χ4n) is 5.00. The molecule has 14 heteroatoms. The first kappa shape index (κ1) is 27.7. The minimum absolute atomic E-state index is 0.141. The summed E-state index contributed by atoms with van der Waals surface area (Å²) in [5.41, 5.74) is 2.77. The van der Waals surface area contributed by atoms with Gasteiger partial charge in [-0.1, -0.05) is 18.2 Å². The van der Waals surface area contributed by atoms with Gasteiger partial charge in [-0.05, 0) is 54.8 Å². The van der Waals surface area contributed by atoms with Gasteiger partial charge in [0.15, 0.2) is 0 Å². The van der Waals surface area contributed by atoms with Crippen LogP contribution in [0.1, 0.15) is 32.9 Å². The smallest absolute Gasteiger partial charge is 0.258 e. The van der Waals surface area contributed by atoms with E-state index < -0.39 is 25.8 Å². The van der Waals surface area contributed by atoms with Crippen LogP contribution in [0.15, 0.2) is 53.4 Å². The quantitative estimate of drug-likeness (QED) is 0.448. The molecule has 2 aromatic carbocycles. The molecule has 2 N–H and O–H groups in total. The molecule has 2 aliphatic heterocycles. The fourth-order valence-corrected chi connectivity index (χ4v) is 7.15. The maximum absolute atomic E-state index is 13.5. The summed E-state index contributed by atoms with van der Waals surface area (Å²) in [7, 11) is -7.64. The normalized spacial score (nSPS) is 16.0. The summed E-state index contributed by atoms with van der Waals surface area (Å²) >= 11 is 0. The van der Waals surface area contributed by atoms with Crippen LogP contribution in [-0.2, 0) is 32.2 Å². The van der Waals surface area contributed by atoms with E-state index >= 15 is 0 Å². The van der Waals surface area contributed by atoms with Gasteiger partial charge >= 0.3 is 0 Å². The molecule has 5 rings (SSSR count). The van der Waals surface area contributed by atoms with Crippen molar-refractivity contribution in [2.75, 3.05) is 42.5 Å². The summed E-state index contributed by atoms with van der Waals surface area (Å²) in [6.07, 6.45) is 0.460. The number of nitriles is 1. The van der Waals surface area contributed by atoms with Crippen LogP contribution in [0, 0.1) is 18.3 Å². The molecule has 1 aromatic heterocycles. The molecular formula is C26H27N7O5S2. The number of carbonyl (C=O) groups is 1. The molecule has 208 valence electrons. The second-order valence-corrected chi connectivity index (χ2v) is 13.2. The van der Waals surface area contributed by atoms with Crippen LogP contribution < -0.4 is 14.9 Å². The van der Waals surface area contributed by atoms with Crippen molar-refractivity contribution in [3.8, 4) is 6.07 Å². The van der Waals surface area contributed by atoms with Crippen molar-refractivity contribution >= 4 is 37.6 Å². The zero-order chi connectivity index (χ0) is 28.7. The highest BCUT2D eigenvalue weighted by Gasteiger charge is 2.33. The first-order valence-electron chi connectivity index (χ1n) is 12.5. The molecule has 1 fully saturated rings. The zero-order valence-electron chi connectivity index (χ0n) is 21.7. The van der Waals surface area contributed by atoms with Crippen LogP contribution in [0.3, 0.4) is 0 Å². The Kier molecular flexibility index (Phi) is 7.32. The van der Waals surface area contributed by atoms with E-state index in [0.29, 0.717) is 54.5 Å². The van der Waals surface area contributed by atoms with E-state index in [4.69, 9.17) is 5.14 Å². The Morgan fingerprint density at radius 2 is 1.73 bits per heavy atom. The molecule has 0 saturated carbocycles. The van der Waals surface area contributed by atoms with E-state index in [-0.39, 0.29) is 35.1 Å². The molecule has 1 amide bonds. The number of aryl methyl sites for hydroxylation is 1. The van der Waals surface area contributed by atoms with Crippen molar-refractivity contribution in [3.05, 3.63) is 76.6 Å². The van der Waals surface area contributed by atoms with Gasteiger partial charge in [0.2, 0.25) is 26.0 Å². The standard InChI is InChI=1S/C26H27N7O5S2/c1-18-14-21(16-27)30-26(29-18)31-10-12-32(13-11-31)40(37,38)22-6-7-24-19(15-22)8-9-33(24)25(34)23-5-3-2-4-20(23)17-39(28,35)36/h2-7,14-15H,8-13,17H2,1H3,(H2,28,35,36). The molecule has 0 radical (unpaired) electrons. The summed E-state index contributed by atoms with van der Waals surface area (Å²) in [4.78, 5) is 25.5. The van der Waals surface area contributed by atoms with Crippen molar-refractivity contribution in [3.63, 3.8) is 0 Å². The Morgan fingerprint density at radius 1 is 1.00 bits per heavy atom. The van der Waals surface area contributed by atoms with E-state index in [1.165, 1.54) is 15.3 Å². The Balaban J connectivity index is 1.32. The summed E-state index contributed by atoms with van der Waals surface area (Å²) in [6.45, 7) is 3.31. The van der Waals surface area contributed by atoms with E-state index in [9.17, 15) is 26.9 Å². The van der Waals surface area contributed by atoms with Gasteiger partial charge in [0, 0.05) is 49.7 Å². The van der Waals surface area contributed by atoms with Gasteiger partial charge in [0.1, 0.15) is 11.8 Å². The van der Waals surface area contributed by atoms with Crippen LogP contribution in [-0.4, -0.2) is 69.7 Å². The Labute approximate surface area is 232 Å². The van der Waals surface area contributed by atoms with Crippen LogP contribution in [0.4, 0.5) is 11.6 Å². The number of hydrogen-bond donors (Lipinski definition) is 1. The highest BCUT2D eigenvalue weighted by molar-refractivity contribution is 7.89. The fraction of sp³-hybridized carbons (Fsp3) is 0.308. The van der Waals surface area contributed by atoms with Gasteiger partial charge in [-0.25, -0.2) is 31.9 Å². The number of benzene rings is 2. The van der Waals surface area contributed by atoms with Gasteiger partial charge < -0.3 is 9.80 Å². The topological polar surface area (TPSA) is 171 Å². The number of rotatable bonds is 6. The monoisotopic (exact) mass is 581 g/mol. The number of aromatic nitrogens is 2. The number of anilines is 2. The molecule has 0 unspecified atom stereocenters. The summed E-state index contributed by atoms with van der Waals surface area (Å²) < 4.78 is 51.7. The minimum atomic E-state index is -3.84. The number of sulfonamides is 2. The summed E-state index contributed by atoms with van der Waals surface area (Å²) in [6, 6.07) is 14.7. The third kappa shape index (κ3) is 5.54. The third-order valence-electron chi connectivity index (χ3n) is 6.91. The molecule has 0 bridgehead atoms. The van der Waals surface area contributed by atoms with Gasteiger partial charge in [-0.2, -0.15) is 9.57 Å². The number of hydrogen-bond acceptors (Lipinski definition) is 9. The minimum Gasteiger partial charge on any atom is -0.338 e. The summed E-state index contributed by atoms with van der Waals surface area (Å²) in [5.74, 6) is -0.431. The first-order chi connectivity index (χ1) is 19.0. The van der Waals surface area contributed by atoms with E-state index in [0.717, 1.165) is 0 Å². The maximum atomic E-state index is 13.5. The largest absolute Gasteiger partial charge is 0.338 e. The lowest BCUT2D eigenvalue weighted by molar-refractivity contribution is 0.0988. The van der Waals surface area contributed by atoms with Crippen LogP contribution in [0.2, 0.25) is 0 Å². The molecule has 40 heavy (non-hydrogen) atoms. The lowest BCUT2D eigenvalue weighted by Gasteiger charge is -2.34. The molecule has 3 aromatic rings. The van der Waals surface area contributed by atoms with E-state index in [2.05, 4.69) is 9.97 Å². The second kappa shape index (κ2) is 10.6. The van der Waals surface area contributed by atoms with Crippen molar-refractivity contribution in [2.45, 2.75) is 24.0 Å². The van der Waals surface area contributed by atoms with Crippen LogP contribution >= 0.6 is 0 Å². The van der Waals surface area contributed by atoms with Gasteiger partial charge in [-0.15, -0.1) is 0 Å². The Morgan fingerprint density at radius 3 is 2.42 bits per heavy atom. The SMILES string of the molecule is Cc1cc(C#N)nc(N2CCN(S(=O)(=O)c3ccc4c(c3)CCN4C(=O)c3ccccc3CS(N)(=O)=O)CC2)n1. The Hall–Kier alpha value is -3.90. The zero-order valence-corrected chi connectivity index (χ0v) is 23.3. The second-order valence-electron chi connectivity index (χ2n) is 9.66. The number of carbonyl (C=O) groups excluding carboxylic acids is 1. The molecule has 12 nitrogen and oxygen atoms in total. The number of nitrogens with zero attached hydrogens (tertiary/aromatic N) is 6. The molecule has 0 atom stereocenters. The predicted octanol–water partition coefficient (Wildman–Crippen LogP) is 1.16. The number of primary sulfonamides is 1. The average molecular weight is 582 g/mol. The highest BCUT2D eigenvalue weighted by Crippen LogP contribution is 2.33. The number of piperazine rings is 1. The molecule has 0 aliphatic carbocycles. The lowest BCUT2D eigenvalue weighted by Crippen LogP contribution is -2.49. The maximum Gasteiger partial charge on any atom is 0.258 e. The van der Waals surface area contributed by atoms with Gasteiger partial charge in [-0.3, -0.25) is 4.79 Å². The van der Waals surface area contributed by atoms with E-state index in [1.54, 1.807) is 49.4 Å². The number of nitrogens with two attached hydrogens (primary N) is 1. The van der Waals surface area contributed by atoms with E-state index in [1.807, 2.05) is 11.0 Å². The Bertz CT molecular complexity index is 1750. The first-order valence-corrected chi connectivity index (χ1v) is 15.7. The summed E-state index contributed by atoms with van der Waals surface area (Å²) in [5, 5.41) is 14.4. The van der Waals surface area contributed by atoms with Crippen molar-refractivity contribution in [1.82, 2.24) is 14.3 Å². The highest BCUT2D eigenvalue weighted by atomic mass is 32.2. The van der Waals surface area contributed by atoms with Crippen LogP contribution in [0.25, 0.3) is 0 Å². The average Bonchev–Trinajstić information content (AvgIpc) is 3.35. The number of fused-ring (bicyclic) bond motifs is 1. The van der Waals surface area contributed by atoms with Crippen molar-refractivity contribution in [1.29, 1.82) is 5.26 Å². The third-order valence-corrected chi connectivity index (χ3v) is 9.52.